The van der Waals surface area contributed by atoms with Gasteiger partial charge in [-0.1, -0.05) is 27.7 Å². The third-order valence-electron chi connectivity index (χ3n) is 7.45. The molecule has 3 aliphatic rings. The first kappa shape index (κ1) is 25.9. The van der Waals surface area contributed by atoms with E-state index >= 15 is 0 Å². The Balaban J connectivity index is 1.61. The second kappa shape index (κ2) is 10.5. The van der Waals surface area contributed by atoms with E-state index in [4.69, 9.17) is 9.47 Å². The molecule has 2 amide bonds. The molecule has 1 aliphatic carbocycles. The average Bonchev–Trinajstić information content (AvgIpc) is 3.55. The molecular formula is C26H38N2O6S. The van der Waals surface area contributed by atoms with Crippen LogP contribution in [0.4, 0.5) is 10.5 Å². The molecule has 35 heavy (non-hydrogen) atoms. The van der Waals surface area contributed by atoms with Crippen LogP contribution in [0, 0.1) is 11.8 Å². The Bertz CT molecular complexity index is 940. The molecule has 3 heterocycles. The third-order valence-corrected chi connectivity index (χ3v) is 8.99. The summed E-state index contributed by atoms with van der Waals surface area (Å²) in [6.45, 7) is 10.2. The average molecular weight is 507 g/mol. The van der Waals surface area contributed by atoms with Crippen LogP contribution < -0.4 is 4.90 Å². The van der Waals surface area contributed by atoms with Crippen LogP contribution in [0.1, 0.15) is 80.8 Å². The predicted molar refractivity (Wildman–Crippen MR) is 134 cm³/mol. The van der Waals surface area contributed by atoms with Crippen LogP contribution in [0.2, 0.25) is 0 Å². The van der Waals surface area contributed by atoms with Crippen molar-refractivity contribution in [3.8, 4) is 0 Å². The number of carboxylic acid groups (broad SMARTS) is 1. The number of aromatic carboxylic acids is 1. The zero-order valence-corrected chi connectivity index (χ0v) is 22.1. The van der Waals surface area contributed by atoms with Gasteiger partial charge in [-0.3, -0.25) is 4.79 Å². The number of carbonyl (C=O) groups is 3. The minimum atomic E-state index is -1.02. The van der Waals surface area contributed by atoms with Crippen LogP contribution >= 0.6 is 11.3 Å². The second-order valence-electron chi connectivity index (χ2n) is 11.3. The maximum absolute atomic E-state index is 14.0. The van der Waals surface area contributed by atoms with Crippen LogP contribution in [-0.4, -0.2) is 66.4 Å². The van der Waals surface area contributed by atoms with Crippen molar-refractivity contribution in [3.63, 3.8) is 0 Å². The fourth-order valence-electron chi connectivity index (χ4n) is 5.22. The fraction of sp³-hybridized carbons (Fsp3) is 0.731. The quantitative estimate of drug-likeness (QED) is 0.610. The Kier molecular flexibility index (Phi) is 7.76. The molecular weight excluding hydrogens is 468 g/mol. The normalized spacial score (nSPS) is 27.1. The molecule has 0 bridgehead atoms. The first-order valence-corrected chi connectivity index (χ1v) is 13.6. The molecule has 0 radical (unpaired) electrons. The SMILES string of the molecule is CC1CCC(C(=O)N(c2cc(C(C)(C)C)sc2C(=O)O)[C@H]2CCN(C(=O)O[C@@H]3CCOC3)C2)CC1. The number of likely N-dealkylation sites (tertiary alicyclic amines) is 1. The van der Waals surface area contributed by atoms with Gasteiger partial charge in [0.15, 0.2) is 0 Å². The number of carboxylic acids is 1. The van der Waals surface area contributed by atoms with Gasteiger partial charge in [0.2, 0.25) is 5.91 Å². The van der Waals surface area contributed by atoms with Gasteiger partial charge >= 0.3 is 12.1 Å². The summed E-state index contributed by atoms with van der Waals surface area (Å²) in [5.74, 6) is -0.553. The summed E-state index contributed by atoms with van der Waals surface area (Å²) < 4.78 is 10.9. The van der Waals surface area contributed by atoms with Crippen molar-refractivity contribution in [1.29, 1.82) is 0 Å². The first-order chi connectivity index (χ1) is 16.5. The van der Waals surface area contributed by atoms with E-state index in [-0.39, 0.29) is 40.4 Å². The minimum absolute atomic E-state index is 0.0120. The van der Waals surface area contributed by atoms with E-state index in [9.17, 15) is 19.5 Å². The summed E-state index contributed by atoms with van der Waals surface area (Å²) in [5, 5.41) is 10.0. The van der Waals surface area contributed by atoms with Crippen molar-refractivity contribution >= 4 is 35.0 Å². The van der Waals surface area contributed by atoms with Crippen molar-refractivity contribution < 1.29 is 29.0 Å². The molecule has 9 heteroatoms. The van der Waals surface area contributed by atoms with E-state index in [1.807, 2.05) is 26.8 Å². The lowest BCUT2D eigenvalue weighted by atomic mass is 9.82. The topological polar surface area (TPSA) is 96.4 Å². The lowest BCUT2D eigenvalue weighted by Crippen LogP contribution is -2.47. The number of ether oxygens (including phenoxy) is 2. The van der Waals surface area contributed by atoms with Gasteiger partial charge in [-0.2, -0.15) is 0 Å². The van der Waals surface area contributed by atoms with E-state index in [1.54, 1.807) is 9.80 Å². The van der Waals surface area contributed by atoms with E-state index < -0.39 is 5.97 Å². The predicted octanol–water partition coefficient (Wildman–Crippen LogP) is 4.90. The monoisotopic (exact) mass is 506 g/mol. The molecule has 2 aliphatic heterocycles. The Morgan fingerprint density at radius 3 is 2.46 bits per heavy atom. The molecule has 8 nitrogen and oxygen atoms in total. The summed E-state index contributed by atoms with van der Waals surface area (Å²) in [6, 6.07) is 1.60. The maximum atomic E-state index is 14.0. The van der Waals surface area contributed by atoms with Crippen LogP contribution in [0.5, 0.6) is 0 Å². The molecule has 1 saturated carbocycles. The Morgan fingerprint density at radius 1 is 1.14 bits per heavy atom. The zero-order valence-electron chi connectivity index (χ0n) is 21.2. The summed E-state index contributed by atoms with van der Waals surface area (Å²) in [4.78, 5) is 43.5. The highest BCUT2D eigenvalue weighted by Crippen LogP contribution is 2.41. The molecule has 2 atom stereocenters. The van der Waals surface area contributed by atoms with Gasteiger partial charge in [0, 0.05) is 30.3 Å². The van der Waals surface area contributed by atoms with Crippen LogP contribution in [0.3, 0.4) is 0 Å². The first-order valence-electron chi connectivity index (χ1n) is 12.8. The number of hydrogen-bond acceptors (Lipinski definition) is 6. The number of amides is 2. The highest BCUT2D eigenvalue weighted by Gasteiger charge is 2.41. The van der Waals surface area contributed by atoms with Crippen molar-refractivity contribution in [2.75, 3.05) is 31.2 Å². The summed E-state index contributed by atoms with van der Waals surface area (Å²) in [5.41, 5.74) is 0.234. The van der Waals surface area contributed by atoms with Crippen molar-refractivity contribution in [2.45, 2.75) is 83.8 Å². The number of carbonyl (C=O) groups excluding carboxylic acids is 2. The number of nitrogens with zero attached hydrogens (tertiary/aromatic N) is 2. The van der Waals surface area contributed by atoms with Gasteiger partial charge in [-0.15, -0.1) is 11.3 Å². The van der Waals surface area contributed by atoms with Crippen molar-refractivity contribution in [2.24, 2.45) is 11.8 Å². The summed E-state index contributed by atoms with van der Waals surface area (Å²) in [7, 11) is 0. The standard InChI is InChI=1S/C26H38N2O6S/c1-16-5-7-17(8-6-16)23(29)28(20-13-21(26(2,3)4)35-22(20)24(30)31)18-9-11-27(14-18)25(32)34-19-10-12-33-15-19/h13,16-19H,5-12,14-15H2,1-4H3,(H,30,31)/t16?,17?,18-,19+/m0/s1. The Hall–Kier alpha value is -2.13. The second-order valence-corrected chi connectivity index (χ2v) is 12.4. The number of hydrogen-bond donors (Lipinski definition) is 1. The van der Waals surface area contributed by atoms with Gasteiger partial charge in [0.25, 0.3) is 0 Å². The summed E-state index contributed by atoms with van der Waals surface area (Å²) >= 11 is 1.24. The molecule has 3 fully saturated rings. The number of anilines is 1. The molecule has 0 unspecified atom stereocenters. The molecule has 1 aromatic heterocycles. The van der Waals surface area contributed by atoms with E-state index in [1.165, 1.54) is 11.3 Å². The Morgan fingerprint density at radius 2 is 1.86 bits per heavy atom. The maximum Gasteiger partial charge on any atom is 0.410 e. The van der Waals surface area contributed by atoms with Crippen molar-refractivity contribution in [1.82, 2.24) is 4.90 Å². The molecule has 0 aromatic carbocycles. The lowest BCUT2D eigenvalue weighted by molar-refractivity contribution is -0.124. The fourth-order valence-corrected chi connectivity index (χ4v) is 6.27. The van der Waals surface area contributed by atoms with Crippen LogP contribution in [0.25, 0.3) is 0 Å². The highest BCUT2D eigenvalue weighted by atomic mass is 32.1. The molecule has 1 aromatic rings. The van der Waals surface area contributed by atoms with E-state index in [2.05, 4.69) is 6.92 Å². The number of thiophene rings is 1. The van der Waals surface area contributed by atoms with Gasteiger partial charge in [-0.05, 0) is 49.5 Å². The van der Waals surface area contributed by atoms with Gasteiger partial charge in [0.1, 0.15) is 11.0 Å². The lowest BCUT2D eigenvalue weighted by Gasteiger charge is -2.34. The van der Waals surface area contributed by atoms with Gasteiger partial charge in [0.05, 0.1) is 24.9 Å². The smallest absolute Gasteiger partial charge is 0.410 e. The molecule has 0 spiro atoms. The molecule has 4 rings (SSSR count). The van der Waals surface area contributed by atoms with Gasteiger partial charge < -0.3 is 24.4 Å². The summed E-state index contributed by atoms with van der Waals surface area (Å²) in [6.07, 6.45) is 4.30. The minimum Gasteiger partial charge on any atom is -0.477 e. The molecule has 2 saturated heterocycles. The van der Waals surface area contributed by atoms with Gasteiger partial charge in [-0.25, -0.2) is 9.59 Å². The molecule has 194 valence electrons. The molecule has 1 N–H and O–H groups in total. The van der Waals surface area contributed by atoms with Crippen LogP contribution in [0.15, 0.2) is 6.07 Å². The number of rotatable bonds is 5. The van der Waals surface area contributed by atoms with E-state index in [0.29, 0.717) is 50.8 Å². The van der Waals surface area contributed by atoms with Crippen LogP contribution in [-0.2, 0) is 19.7 Å². The highest BCUT2D eigenvalue weighted by molar-refractivity contribution is 7.14. The van der Waals surface area contributed by atoms with E-state index in [0.717, 1.165) is 30.6 Å². The third kappa shape index (κ3) is 5.82. The largest absolute Gasteiger partial charge is 0.477 e. The Labute approximate surface area is 211 Å². The zero-order chi connectivity index (χ0) is 25.3. The van der Waals surface area contributed by atoms with Crippen molar-refractivity contribution in [3.05, 3.63) is 15.8 Å².